The number of aryl methyl sites for hydroxylation is 2. The molecule has 0 radical (unpaired) electrons. The molecule has 1 aromatic carbocycles. The van der Waals surface area contributed by atoms with E-state index in [0.717, 1.165) is 12.1 Å². The number of rotatable bonds is 3. The third kappa shape index (κ3) is 2.63. The minimum atomic E-state index is -3.63. The second kappa shape index (κ2) is 6.72. The Bertz CT molecular complexity index is 1290. The number of aliphatic hydroxyl groups is 1. The molecule has 3 atom stereocenters. The molecule has 10 heteroatoms. The van der Waals surface area contributed by atoms with Crippen molar-refractivity contribution in [2.75, 3.05) is 13.1 Å². The monoisotopic (exact) mass is 455 g/mol. The highest BCUT2D eigenvalue weighted by Gasteiger charge is 2.58. The van der Waals surface area contributed by atoms with Crippen LogP contribution in [0.4, 0.5) is 0 Å². The molecule has 0 bridgehead atoms. The van der Waals surface area contributed by atoms with E-state index in [1.807, 2.05) is 24.7 Å². The van der Waals surface area contributed by atoms with E-state index >= 15 is 0 Å². The molecule has 32 heavy (non-hydrogen) atoms. The summed E-state index contributed by atoms with van der Waals surface area (Å²) in [7, 11) is -0.161. The van der Waals surface area contributed by atoms with E-state index in [1.54, 1.807) is 18.8 Å². The molecule has 2 aliphatic heterocycles. The van der Waals surface area contributed by atoms with Crippen molar-refractivity contribution < 1.29 is 18.2 Å². The zero-order valence-electron chi connectivity index (χ0n) is 18.2. The van der Waals surface area contributed by atoms with E-state index in [2.05, 4.69) is 26.8 Å². The summed E-state index contributed by atoms with van der Waals surface area (Å²) in [6.45, 7) is 0.813. The normalized spacial score (nSPS) is 26.7. The predicted octanol–water partition coefficient (Wildman–Crippen LogP) is 0.863. The van der Waals surface area contributed by atoms with E-state index in [9.17, 15) is 13.5 Å². The number of benzene rings is 1. The van der Waals surface area contributed by atoms with Gasteiger partial charge in [-0.1, -0.05) is 24.3 Å². The first-order valence-electron chi connectivity index (χ1n) is 11.0. The van der Waals surface area contributed by atoms with E-state index < -0.39 is 16.1 Å². The third-order valence-corrected chi connectivity index (χ3v) is 9.68. The number of imidazole rings is 1. The number of fused-ring (bicyclic) bond motifs is 3. The van der Waals surface area contributed by atoms with Crippen LogP contribution < -0.4 is 4.68 Å². The van der Waals surface area contributed by atoms with Crippen molar-refractivity contribution in [3.05, 3.63) is 48.5 Å². The molecule has 1 spiro atoms. The number of sulfonamides is 1. The van der Waals surface area contributed by atoms with Crippen LogP contribution in [-0.4, -0.2) is 56.5 Å². The fourth-order valence-electron chi connectivity index (χ4n) is 5.99. The van der Waals surface area contributed by atoms with Gasteiger partial charge in [0.2, 0.25) is 0 Å². The lowest BCUT2D eigenvalue weighted by atomic mass is 9.53. The Morgan fingerprint density at radius 2 is 1.97 bits per heavy atom. The molecule has 1 aliphatic carbocycles. The third-order valence-electron chi connectivity index (χ3n) is 7.92. The van der Waals surface area contributed by atoms with Crippen molar-refractivity contribution in [3.63, 3.8) is 0 Å². The molecule has 1 saturated carbocycles. The van der Waals surface area contributed by atoms with E-state index in [1.165, 1.54) is 26.4 Å². The Morgan fingerprint density at radius 3 is 2.66 bits per heavy atom. The number of nitrogens with zero attached hydrogens (tertiary/aromatic N) is 6. The van der Waals surface area contributed by atoms with Crippen LogP contribution in [0.1, 0.15) is 30.9 Å². The number of piperidine rings is 1. The lowest BCUT2D eigenvalue weighted by Crippen LogP contribution is -2.59. The SMILES string of the molecule is Cn1nc(S(=O)(=O)N2CCC3(CC2)CC(C2c4ccccc4-c4cncn42)C3O)c[n+]1C. The van der Waals surface area contributed by atoms with Crippen LogP contribution in [0.3, 0.4) is 0 Å². The van der Waals surface area contributed by atoms with Crippen molar-refractivity contribution >= 4 is 10.0 Å². The van der Waals surface area contributed by atoms with Gasteiger partial charge in [0, 0.05) is 24.6 Å². The molecule has 1 saturated heterocycles. The van der Waals surface area contributed by atoms with Gasteiger partial charge in [-0.05, 0) is 35.0 Å². The average molecular weight is 456 g/mol. The number of aromatic nitrogens is 5. The number of hydrogen-bond donors (Lipinski definition) is 1. The van der Waals surface area contributed by atoms with Gasteiger partial charge in [-0.2, -0.15) is 8.99 Å². The standard InChI is InChI=1S/C22H27N6O3S/c1-25-13-19(24-26(25)2)32(30,31)27-9-7-22(8-10-27)11-17(21(22)29)20-16-6-4-3-5-15(16)18-12-23-14-28(18)20/h3-6,12-14,17,20-21,29H,7-11H2,1-2H3/q+1. The van der Waals surface area contributed by atoms with E-state index in [4.69, 9.17) is 0 Å². The van der Waals surface area contributed by atoms with Gasteiger partial charge in [-0.3, -0.25) is 0 Å². The minimum Gasteiger partial charge on any atom is -0.392 e. The average Bonchev–Trinajstić information content (AvgIpc) is 3.48. The molecule has 9 nitrogen and oxygen atoms in total. The molecule has 0 amide bonds. The fraction of sp³-hybridized carbons (Fsp3) is 0.500. The lowest BCUT2D eigenvalue weighted by molar-refractivity contribution is -0.756. The molecule has 2 aromatic heterocycles. The van der Waals surface area contributed by atoms with Crippen LogP contribution in [0.5, 0.6) is 0 Å². The summed E-state index contributed by atoms with van der Waals surface area (Å²) in [4.78, 5) is 5.84. The molecule has 3 aromatic rings. The smallest absolute Gasteiger partial charge is 0.346 e. The maximum atomic E-state index is 13.0. The number of hydrogen-bond acceptors (Lipinski definition) is 5. The summed E-state index contributed by atoms with van der Waals surface area (Å²) in [5.74, 6) is 0.101. The Labute approximate surface area is 187 Å². The minimum absolute atomic E-state index is 0.0701. The predicted molar refractivity (Wildman–Crippen MR) is 115 cm³/mol. The molecule has 2 fully saturated rings. The Hall–Kier alpha value is -2.56. The Balaban J connectivity index is 1.20. The highest BCUT2D eigenvalue weighted by atomic mass is 32.2. The lowest BCUT2D eigenvalue weighted by Gasteiger charge is -2.57. The van der Waals surface area contributed by atoms with Crippen LogP contribution >= 0.6 is 0 Å². The van der Waals surface area contributed by atoms with Gasteiger partial charge >= 0.3 is 5.03 Å². The molecular formula is C22H27N6O3S+. The van der Waals surface area contributed by atoms with Crippen LogP contribution in [0.15, 0.2) is 48.0 Å². The van der Waals surface area contributed by atoms with Crippen molar-refractivity contribution in [1.29, 1.82) is 0 Å². The first-order valence-corrected chi connectivity index (χ1v) is 12.5. The molecule has 168 valence electrons. The highest BCUT2D eigenvalue weighted by Crippen LogP contribution is 2.59. The van der Waals surface area contributed by atoms with Crippen molar-refractivity contribution in [3.8, 4) is 11.3 Å². The Kier molecular flexibility index (Phi) is 4.22. The van der Waals surface area contributed by atoms with Gasteiger partial charge < -0.3 is 9.67 Å². The van der Waals surface area contributed by atoms with Gasteiger partial charge in [-0.25, -0.2) is 13.4 Å². The summed E-state index contributed by atoms with van der Waals surface area (Å²) >= 11 is 0. The first kappa shape index (κ1) is 20.1. The summed E-state index contributed by atoms with van der Waals surface area (Å²) in [6, 6.07) is 8.43. The molecule has 1 N–H and O–H groups in total. The van der Waals surface area contributed by atoms with Crippen molar-refractivity contribution in [1.82, 2.24) is 23.8 Å². The Morgan fingerprint density at radius 1 is 1.22 bits per heavy atom. The van der Waals surface area contributed by atoms with Crippen LogP contribution in [0.2, 0.25) is 0 Å². The second-order valence-electron chi connectivity index (χ2n) is 9.43. The van der Waals surface area contributed by atoms with E-state index in [-0.39, 0.29) is 22.4 Å². The largest absolute Gasteiger partial charge is 0.392 e. The fourth-order valence-corrected chi connectivity index (χ4v) is 7.43. The van der Waals surface area contributed by atoms with Gasteiger partial charge in [0.05, 0.1) is 42.5 Å². The summed E-state index contributed by atoms with van der Waals surface area (Å²) in [5.41, 5.74) is 3.31. The first-order chi connectivity index (χ1) is 15.3. The second-order valence-corrected chi connectivity index (χ2v) is 11.3. The van der Waals surface area contributed by atoms with Gasteiger partial charge in [-0.15, -0.1) is 0 Å². The molecule has 3 unspecified atom stereocenters. The molecule has 6 rings (SSSR count). The highest BCUT2D eigenvalue weighted by molar-refractivity contribution is 7.89. The summed E-state index contributed by atoms with van der Waals surface area (Å²) in [5, 5.41) is 15.6. The van der Waals surface area contributed by atoms with Crippen LogP contribution in [-0.2, 0) is 24.1 Å². The van der Waals surface area contributed by atoms with Crippen molar-refractivity contribution in [2.24, 2.45) is 25.4 Å². The molecule has 4 heterocycles. The van der Waals surface area contributed by atoms with Gasteiger partial charge in [0.25, 0.3) is 10.0 Å². The van der Waals surface area contributed by atoms with Crippen LogP contribution in [0, 0.1) is 11.3 Å². The van der Waals surface area contributed by atoms with E-state index in [0.29, 0.717) is 25.9 Å². The molecule has 3 aliphatic rings. The van der Waals surface area contributed by atoms with Gasteiger partial charge in [0.1, 0.15) is 7.05 Å². The zero-order valence-corrected chi connectivity index (χ0v) is 19.0. The maximum Gasteiger partial charge on any atom is 0.346 e. The summed E-state index contributed by atoms with van der Waals surface area (Å²) < 4.78 is 31.4. The number of aliphatic hydroxyl groups excluding tert-OH is 1. The topological polar surface area (TPSA) is 97.1 Å². The quantitative estimate of drug-likeness (QED) is 0.591. The van der Waals surface area contributed by atoms with Gasteiger partial charge in [0.15, 0.2) is 6.20 Å². The molecular weight excluding hydrogens is 428 g/mol. The maximum absolute atomic E-state index is 13.0. The van der Waals surface area contributed by atoms with Crippen LogP contribution in [0.25, 0.3) is 11.3 Å². The van der Waals surface area contributed by atoms with Crippen molar-refractivity contribution in [2.45, 2.75) is 36.4 Å². The zero-order chi connectivity index (χ0) is 22.3. The summed E-state index contributed by atoms with van der Waals surface area (Å²) in [6.07, 6.45) is 7.03.